The smallest absolute Gasteiger partial charge is 0.303 e. The Morgan fingerprint density at radius 2 is 2.00 bits per heavy atom. The first-order chi connectivity index (χ1) is 9.56. The van der Waals surface area contributed by atoms with Crippen molar-refractivity contribution in [2.45, 2.75) is 19.3 Å². The van der Waals surface area contributed by atoms with Crippen LogP contribution in [0.4, 0.5) is 0 Å². The fraction of sp³-hybridized carbons (Fsp3) is 0.214. The standard InChI is InChI=1S/C14H14N2O4/c17-9(4-3-7-13(18)19)8-12-14(20)16-11-6-2-1-5-10(11)15-12/h1-2,5-6,8,17H,3-4,7H2,(H,16,20)(H,18,19)/b9-8-. The highest BCUT2D eigenvalue weighted by Crippen LogP contribution is 2.10. The number of carboxylic acids is 1. The van der Waals surface area contributed by atoms with Crippen molar-refractivity contribution < 1.29 is 15.0 Å². The van der Waals surface area contributed by atoms with Gasteiger partial charge in [-0.1, -0.05) is 12.1 Å². The zero-order valence-electron chi connectivity index (χ0n) is 10.7. The summed E-state index contributed by atoms with van der Waals surface area (Å²) in [4.78, 5) is 29.0. The zero-order chi connectivity index (χ0) is 14.5. The Labute approximate surface area is 114 Å². The minimum Gasteiger partial charge on any atom is -0.512 e. The summed E-state index contributed by atoms with van der Waals surface area (Å²) >= 11 is 0. The van der Waals surface area contributed by atoms with Crippen molar-refractivity contribution in [3.8, 4) is 0 Å². The molecule has 0 saturated carbocycles. The molecule has 0 saturated heterocycles. The quantitative estimate of drug-likeness (QED) is 0.724. The van der Waals surface area contributed by atoms with E-state index in [2.05, 4.69) is 9.97 Å². The second kappa shape index (κ2) is 6.01. The molecule has 0 unspecified atom stereocenters. The minimum atomic E-state index is -0.917. The fourth-order valence-corrected chi connectivity index (χ4v) is 1.79. The lowest BCUT2D eigenvalue weighted by molar-refractivity contribution is -0.137. The number of aromatic nitrogens is 2. The number of fused-ring (bicyclic) bond motifs is 1. The van der Waals surface area contributed by atoms with Crippen molar-refractivity contribution >= 4 is 23.1 Å². The summed E-state index contributed by atoms with van der Waals surface area (Å²) in [5.41, 5.74) is 0.960. The lowest BCUT2D eigenvalue weighted by Gasteiger charge is -2.00. The molecular weight excluding hydrogens is 260 g/mol. The van der Waals surface area contributed by atoms with Crippen molar-refractivity contribution in [1.29, 1.82) is 0 Å². The van der Waals surface area contributed by atoms with E-state index in [1.165, 1.54) is 6.08 Å². The van der Waals surface area contributed by atoms with E-state index >= 15 is 0 Å². The molecule has 0 amide bonds. The van der Waals surface area contributed by atoms with Crippen LogP contribution in [0.1, 0.15) is 25.0 Å². The average molecular weight is 274 g/mol. The largest absolute Gasteiger partial charge is 0.512 e. The normalized spacial score (nSPS) is 11.7. The van der Waals surface area contributed by atoms with Gasteiger partial charge in [-0.15, -0.1) is 0 Å². The van der Waals surface area contributed by atoms with Gasteiger partial charge in [0.1, 0.15) is 5.69 Å². The van der Waals surface area contributed by atoms with Gasteiger partial charge in [0.2, 0.25) is 0 Å². The third kappa shape index (κ3) is 3.44. The molecule has 0 aliphatic heterocycles. The summed E-state index contributed by atoms with van der Waals surface area (Å²) < 4.78 is 0. The number of benzene rings is 1. The van der Waals surface area contributed by atoms with Gasteiger partial charge >= 0.3 is 5.97 Å². The molecule has 2 rings (SSSR count). The maximum absolute atomic E-state index is 11.8. The number of aliphatic hydroxyl groups excluding tert-OH is 1. The highest BCUT2D eigenvalue weighted by molar-refractivity contribution is 5.74. The maximum atomic E-state index is 11.8. The van der Waals surface area contributed by atoms with Gasteiger partial charge < -0.3 is 15.2 Å². The van der Waals surface area contributed by atoms with Crippen LogP contribution < -0.4 is 5.56 Å². The van der Waals surface area contributed by atoms with Gasteiger partial charge in [0, 0.05) is 18.9 Å². The van der Waals surface area contributed by atoms with E-state index in [4.69, 9.17) is 5.11 Å². The van der Waals surface area contributed by atoms with E-state index in [9.17, 15) is 14.7 Å². The predicted octanol–water partition coefficient (Wildman–Crippen LogP) is 2.08. The number of allylic oxidation sites excluding steroid dienone is 1. The van der Waals surface area contributed by atoms with E-state index in [0.29, 0.717) is 17.5 Å². The molecule has 6 nitrogen and oxygen atoms in total. The summed E-state index contributed by atoms with van der Waals surface area (Å²) in [6.45, 7) is 0. The van der Waals surface area contributed by atoms with Crippen molar-refractivity contribution in [2.24, 2.45) is 0 Å². The lowest BCUT2D eigenvalue weighted by Crippen LogP contribution is -2.12. The van der Waals surface area contributed by atoms with Gasteiger partial charge in [0.15, 0.2) is 0 Å². The third-order valence-electron chi connectivity index (χ3n) is 2.75. The molecule has 0 radical (unpaired) electrons. The van der Waals surface area contributed by atoms with E-state index in [1.807, 2.05) is 0 Å². The molecule has 0 aliphatic rings. The Bertz CT molecular complexity index is 718. The molecule has 2 aromatic rings. The zero-order valence-corrected chi connectivity index (χ0v) is 10.7. The highest BCUT2D eigenvalue weighted by atomic mass is 16.4. The van der Waals surface area contributed by atoms with Crippen molar-refractivity contribution in [3.63, 3.8) is 0 Å². The van der Waals surface area contributed by atoms with E-state index < -0.39 is 11.5 Å². The summed E-state index contributed by atoms with van der Waals surface area (Å²) in [5.74, 6) is -0.973. The molecule has 1 aromatic heterocycles. The van der Waals surface area contributed by atoms with Crippen LogP contribution in [0.15, 0.2) is 34.8 Å². The Hall–Kier alpha value is -2.63. The minimum absolute atomic E-state index is 0.0284. The molecule has 0 fully saturated rings. The first-order valence-electron chi connectivity index (χ1n) is 6.16. The van der Waals surface area contributed by atoms with E-state index in [0.717, 1.165) is 0 Å². The van der Waals surface area contributed by atoms with Gasteiger partial charge in [0.25, 0.3) is 5.56 Å². The molecule has 104 valence electrons. The predicted molar refractivity (Wildman–Crippen MR) is 74.5 cm³/mol. The van der Waals surface area contributed by atoms with Gasteiger partial charge in [-0.2, -0.15) is 0 Å². The Kier molecular flexibility index (Phi) is 4.14. The van der Waals surface area contributed by atoms with Crippen molar-refractivity contribution in [3.05, 3.63) is 46.1 Å². The summed E-state index contributed by atoms with van der Waals surface area (Å²) in [5, 5.41) is 18.2. The monoisotopic (exact) mass is 274 g/mol. The summed E-state index contributed by atoms with van der Waals surface area (Å²) in [6.07, 6.45) is 1.75. The molecule has 0 bridgehead atoms. The number of nitrogens with zero attached hydrogens (tertiary/aromatic N) is 1. The van der Waals surface area contributed by atoms with Crippen LogP contribution in [0.25, 0.3) is 17.1 Å². The maximum Gasteiger partial charge on any atom is 0.303 e. The molecule has 3 N–H and O–H groups in total. The number of hydrogen-bond donors (Lipinski definition) is 3. The number of hydrogen-bond acceptors (Lipinski definition) is 4. The topological polar surface area (TPSA) is 103 Å². The number of nitrogens with one attached hydrogen (secondary N) is 1. The Morgan fingerprint density at radius 1 is 1.25 bits per heavy atom. The summed E-state index contributed by atoms with van der Waals surface area (Å²) in [6, 6.07) is 7.08. The number of para-hydroxylation sites is 2. The number of carboxylic acid groups (broad SMARTS) is 1. The number of aliphatic hydroxyl groups is 1. The molecule has 0 spiro atoms. The SMILES string of the molecule is O=C(O)CCC/C(O)=C/c1nc2ccccc2[nH]c1=O. The van der Waals surface area contributed by atoms with Gasteiger partial charge in [-0.05, 0) is 18.6 Å². The summed E-state index contributed by atoms with van der Waals surface area (Å²) in [7, 11) is 0. The molecular formula is C14H14N2O4. The van der Waals surface area contributed by atoms with Gasteiger partial charge in [0.05, 0.1) is 16.8 Å². The Morgan fingerprint density at radius 3 is 2.75 bits per heavy atom. The molecule has 0 aliphatic carbocycles. The van der Waals surface area contributed by atoms with E-state index in [1.54, 1.807) is 24.3 Å². The highest BCUT2D eigenvalue weighted by Gasteiger charge is 2.04. The molecule has 0 atom stereocenters. The van der Waals surface area contributed by atoms with E-state index in [-0.39, 0.29) is 24.3 Å². The first kappa shape index (κ1) is 13.8. The first-order valence-corrected chi connectivity index (χ1v) is 6.16. The second-order valence-electron chi connectivity index (χ2n) is 4.35. The third-order valence-corrected chi connectivity index (χ3v) is 2.75. The van der Waals surface area contributed by atoms with Crippen LogP contribution in [-0.4, -0.2) is 26.2 Å². The van der Waals surface area contributed by atoms with Crippen LogP contribution >= 0.6 is 0 Å². The van der Waals surface area contributed by atoms with Crippen molar-refractivity contribution in [2.75, 3.05) is 0 Å². The van der Waals surface area contributed by atoms with Crippen LogP contribution in [0.2, 0.25) is 0 Å². The van der Waals surface area contributed by atoms with Gasteiger partial charge in [-0.25, -0.2) is 4.98 Å². The molecule has 6 heteroatoms. The number of aromatic amines is 1. The van der Waals surface area contributed by atoms with Crippen LogP contribution in [-0.2, 0) is 4.79 Å². The number of aliphatic carboxylic acids is 1. The molecule has 20 heavy (non-hydrogen) atoms. The van der Waals surface area contributed by atoms with Crippen LogP contribution in [0.3, 0.4) is 0 Å². The number of H-pyrrole nitrogens is 1. The average Bonchev–Trinajstić information content (AvgIpc) is 2.39. The van der Waals surface area contributed by atoms with Crippen LogP contribution in [0.5, 0.6) is 0 Å². The number of carbonyl (C=O) groups is 1. The molecule has 1 heterocycles. The van der Waals surface area contributed by atoms with Gasteiger partial charge in [-0.3, -0.25) is 9.59 Å². The number of rotatable bonds is 5. The van der Waals surface area contributed by atoms with Crippen molar-refractivity contribution in [1.82, 2.24) is 9.97 Å². The lowest BCUT2D eigenvalue weighted by atomic mass is 10.2. The molecule has 1 aromatic carbocycles. The second-order valence-corrected chi connectivity index (χ2v) is 4.35. The fourth-order valence-electron chi connectivity index (χ4n) is 1.79. The Balaban J connectivity index is 2.22. The van der Waals surface area contributed by atoms with Crippen LogP contribution in [0, 0.1) is 0 Å².